The maximum atomic E-state index is 9.93. The van der Waals surface area contributed by atoms with Crippen LogP contribution in [0.25, 0.3) is 16.9 Å². The van der Waals surface area contributed by atoms with Crippen molar-refractivity contribution >= 4 is 11.5 Å². The third kappa shape index (κ3) is 3.80. The number of piperidine rings is 1. The van der Waals surface area contributed by atoms with Gasteiger partial charge in [0.2, 0.25) is 0 Å². The van der Waals surface area contributed by atoms with Gasteiger partial charge in [0.15, 0.2) is 5.82 Å². The second-order valence-electron chi connectivity index (χ2n) is 7.22. The molecule has 0 radical (unpaired) electrons. The monoisotopic (exact) mass is 404 g/mol. The van der Waals surface area contributed by atoms with Crippen molar-refractivity contribution in [1.29, 1.82) is 5.26 Å². The summed E-state index contributed by atoms with van der Waals surface area (Å²) in [6.45, 7) is 1.80. The van der Waals surface area contributed by atoms with Gasteiger partial charge in [-0.25, -0.2) is 9.97 Å². The average molecular weight is 404 g/mol. The first-order chi connectivity index (χ1) is 14.6. The van der Waals surface area contributed by atoms with Crippen LogP contribution in [-0.4, -0.2) is 47.9 Å². The zero-order chi connectivity index (χ0) is 21.1. The van der Waals surface area contributed by atoms with Crippen molar-refractivity contribution in [3.05, 3.63) is 48.5 Å². The van der Waals surface area contributed by atoms with Gasteiger partial charge in [-0.05, 0) is 36.6 Å². The van der Waals surface area contributed by atoms with Crippen LogP contribution in [-0.2, 0) is 4.74 Å². The number of nitrogen functional groups attached to an aromatic ring is 1. The van der Waals surface area contributed by atoms with Crippen molar-refractivity contribution in [2.75, 3.05) is 37.9 Å². The lowest BCUT2D eigenvalue weighted by atomic mass is 9.99. The Balaban J connectivity index is 1.80. The van der Waals surface area contributed by atoms with Crippen molar-refractivity contribution in [3.8, 4) is 28.8 Å². The second-order valence-corrected chi connectivity index (χ2v) is 7.22. The number of ether oxygens (including phenoxy) is 2. The van der Waals surface area contributed by atoms with Crippen LogP contribution in [0.5, 0.6) is 5.75 Å². The average Bonchev–Trinajstić information content (AvgIpc) is 3.33. The highest BCUT2D eigenvalue weighted by Crippen LogP contribution is 2.35. The Hall–Kier alpha value is -3.57. The molecule has 1 saturated heterocycles. The van der Waals surface area contributed by atoms with E-state index in [-0.39, 0.29) is 0 Å². The molecule has 0 atom stereocenters. The molecule has 1 aromatic carbocycles. The Kier molecular flexibility index (Phi) is 5.55. The first kappa shape index (κ1) is 19.7. The SMILES string of the molecule is COc1cc(-c2cc(N)nc(-n3ccnc3)c2C#N)cc(N2CCC(OC)CC2)c1. The number of aromatic nitrogens is 3. The number of methoxy groups -OCH3 is 2. The van der Waals surface area contributed by atoms with E-state index in [0.717, 1.165) is 42.9 Å². The van der Waals surface area contributed by atoms with Gasteiger partial charge in [0, 0.05) is 49.9 Å². The lowest BCUT2D eigenvalue weighted by Gasteiger charge is -2.33. The zero-order valence-corrected chi connectivity index (χ0v) is 17.1. The molecule has 0 saturated carbocycles. The van der Waals surface area contributed by atoms with Crippen LogP contribution in [0.1, 0.15) is 18.4 Å². The van der Waals surface area contributed by atoms with Crippen LogP contribution in [0.2, 0.25) is 0 Å². The predicted octanol–water partition coefficient (Wildman–Crippen LogP) is 3.01. The van der Waals surface area contributed by atoms with Crippen molar-refractivity contribution in [1.82, 2.24) is 14.5 Å². The van der Waals surface area contributed by atoms with Crippen LogP contribution >= 0.6 is 0 Å². The van der Waals surface area contributed by atoms with Gasteiger partial charge in [-0.3, -0.25) is 4.57 Å². The Bertz CT molecular complexity index is 1070. The van der Waals surface area contributed by atoms with E-state index in [0.29, 0.717) is 28.9 Å². The maximum absolute atomic E-state index is 9.93. The molecule has 0 spiro atoms. The van der Waals surface area contributed by atoms with E-state index in [1.165, 1.54) is 0 Å². The number of hydrogen-bond acceptors (Lipinski definition) is 7. The summed E-state index contributed by atoms with van der Waals surface area (Å²) in [6.07, 6.45) is 7.22. The Morgan fingerprint density at radius 2 is 1.97 bits per heavy atom. The van der Waals surface area contributed by atoms with Gasteiger partial charge in [0.1, 0.15) is 29.5 Å². The first-order valence-electron chi connectivity index (χ1n) is 9.79. The third-order valence-corrected chi connectivity index (χ3v) is 5.46. The standard InChI is InChI=1S/C22H24N6O2/c1-29-17-3-6-27(7-4-17)16-9-15(10-18(11-16)30-2)19-12-21(24)26-22(20(19)13-23)28-8-5-25-14-28/h5,8-12,14,17H,3-4,6-7H2,1-2H3,(H2,24,26). The molecular formula is C22H24N6O2. The summed E-state index contributed by atoms with van der Waals surface area (Å²) in [4.78, 5) is 10.7. The van der Waals surface area contributed by atoms with Crippen molar-refractivity contribution in [2.45, 2.75) is 18.9 Å². The van der Waals surface area contributed by atoms with Gasteiger partial charge < -0.3 is 20.1 Å². The topological polar surface area (TPSA) is 102 Å². The maximum Gasteiger partial charge on any atom is 0.158 e. The van der Waals surface area contributed by atoms with Crippen LogP contribution in [0, 0.1) is 11.3 Å². The number of benzene rings is 1. The first-order valence-corrected chi connectivity index (χ1v) is 9.79. The molecule has 0 bridgehead atoms. The summed E-state index contributed by atoms with van der Waals surface area (Å²) in [5.74, 6) is 1.51. The summed E-state index contributed by atoms with van der Waals surface area (Å²) in [7, 11) is 3.40. The molecule has 1 fully saturated rings. The second kappa shape index (κ2) is 8.43. The number of anilines is 2. The van der Waals surface area contributed by atoms with Crippen molar-refractivity contribution in [2.24, 2.45) is 0 Å². The summed E-state index contributed by atoms with van der Waals surface area (Å²) in [5, 5.41) is 9.93. The quantitative estimate of drug-likeness (QED) is 0.697. The van der Waals surface area contributed by atoms with Crippen molar-refractivity contribution < 1.29 is 9.47 Å². The van der Waals surface area contributed by atoms with Gasteiger partial charge >= 0.3 is 0 Å². The fourth-order valence-electron chi connectivity index (χ4n) is 3.85. The van der Waals surface area contributed by atoms with E-state index in [1.807, 2.05) is 12.1 Å². The Morgan fingerprint density at radius 3 is 2.60 bits per heavy atom. The molecule has 3 aromatic rings. The van der Waals surface area contributed by atoms with Gasteiger partial charge in [-0.2, -0.15) is 5.26 Å². The predicted molar refractivity (Wildman–Crippen MR) is 115 cm³/mol. The van der Waals surface area contributed by atoms with E-state index in [1.54, 1.807) is 43.6 Å². The van der Waals surface area contributed by atoms with E-state index >= 15 is 0 Å². The van der Waals surface area contributed by atoms with E-state index in [4.69, 9.17) is 15.2 Å². The number of nitrogens with zero attached hydrogens (tertiary/aromatic N) is 5. The smallest absolute Gasteiger partial charge is 0.158 e. The zero-order valence-electron chi connectivity index (χ0n) is 17.1. The molecule has 2 N–H and O–H groups in total. The molecule has 3 heterocycles. The molecule has 0 amide bonds. The summed E-state index contributed by atoms with van der Waals surface area (Å²) < 4.78 is 12.7. The van der Waals surface area contributed by atoms with Gasteiger partial charge in [0.25, 0.3) is 0 Å². The molecule has 0 aliphatic carbocycles. The lowest BCUT2D eigenvalue weighted by Crippen LogP contribution is -2.36. The number of pyridine rings is 1. The molecular weight excluding hydrogens is 380 g/mol. The summed E-state index contributed by atoms with van der Waals surface area (Å²) in [6, 6.07) is 10.0. The minimum atomic E-state index is 0.300. The molecule has 4 rings (SSSR count). The largest absolute Gasteiger partial charge is 0.497 e. The van der Waals surface area contributed by atoms with Gasteiger partial charge in [0.05, 0.1) is 13.2 Å². The molecule has 154 valence electrons. The molecule has 2 aromatic heterocycles. The highest BCUT2D eigenvalue weighted by Gasteiger charge is 2.21. The van der Waals surface area contributed by atoms with E-state index in [2.05, 4.69) is 27.0 Å². The Morgan fingerprint density at radius 1 is 1.17 bits per heavy atom. The number of nitrogens with two attached hydrogens (primary N) is 1. The van der Waals surface area contributed by atoms with E-state index < -0.39 is 0 Å². The minimum absolute atomic E-state index is 0.300. The Labute approximate surface area is 175 Å². The molecule has 8 nitrogen and oxygen atoms in total. The van der Waals surface area contributed by atoms with Gasteiger partial charge in [-0.15, -0.1) is 0 Å². The fourth-order valence-corrected chi connectivity index (χ4v) is 3.85. The number of hydrogen-bond donors (Lipinski definition) is 1. The van der Waals surface area contributed by atoms with Crippen LogP contribution < -0.4 is 15.4 Å². The highest BCUT2D eigenvalue weighted by molar-refractivity contribution is 5.79. The van der Waals surface area contributed by atoms with Crippen LogP contribution in [0.15, 0.2) is 43.0 Å². The van der Waals surface area contributed by atoms with Crippen molar-refractivity contribution in [3.63, 3.8) is 0 Å². The van der Waals surface area contributed by atoms with Crippen LogP contribution in [0.4, 0.5) is 11.5 Å². The minimum Gasteiger partial charge on any atom is -0.497 e. The molecule has 1 aliphatic rings. The van der Waals surface area contributed by atoms with Crippen LogP contribution in [0.3, 0.4) is 0 Å². The van der Waals surface area contributed by atoms with E-state index in [9.17, 15) is 5.26 Å². The number of rotatable bonds is 5. The normalized spacial score (nSPS) is 14.5. The van der Waals surface area contributed by atoms with Gasteiger partial charge in [-0.1, -0.05) is 0 Å². The fraction of sp³-hybridized carbons (Fsp3) is 0.318. The summed E-state index contributed by atoms with van der Waals surface area (Å²) in [5.41, 5.74) is 9.13. The number of imidazole rings is 1. The lowest BCUT2D eigenvalue weighted by molar-refractivity contribution is 0.0819. The molecule has 1 aliphatic heterocycles. The third-order valence-electron chi connectivity index (χ3n) is 5.46. The summed E-state index contributed by atoms with van der Waals surface area (Å²) >= 11 is 0. The molecule has 30 heavy (non-hydrogen) atoms. The highest BCUT2D eigenvalue weighted by atomic mass is 16.5. The molecule has 8 heteroatoms. The molecule has 0 unspecified atom stereocenters. The number of nitriles is 1.